The van der Waals surface area contributed by atoms with Crippen molar-refractivity contribution in [3.05, 3.63) is 12.7 Å². The topological polar surface area (TPSA) is 55.8 Å². The smallest absolute Gasteiger partial charge is 0.410 e. The summed E-state index contributed by atoms with van der Waals surface area (Å²) in [6, 6.07) is 0. The van der Waals surface area contributed by atoms with Gasteiger partial charge >= 0.3 is 12.1 Å². The largest absolute Gasteiger partial charge is 0.460 e. The second-order valence-electron chi connectivity index (χ2n) is 8.14. The van der Waals surface area contributed by atoms with Crippen LogP contribution < -0.4 is 0 Å². The molecule has 1 amide bonds. The Labute approximate surface area is 140 Å². The molecule has 1 saturated heterocycles. The number of hydrogen-bond acceptors (Lipinski definition) is 4. The zero-order chi connectivity index (χ0) is 17.8. The van der Waals surface area contributed by atoms with Crippen molar-refractivity contribution < 1.29 is 19.1 Å². The minimum absolute atomic E-state index is 0.0790. The highest BCUT2D eigenvalue weighted by Crippen LogP contribution is 2.30. The molecule has 1 aliphatic heterocycles. The molecule has 0 aromatic heterocycles. The van der Waals surface area contributed by atoms with E-state index in [1.165, 1.54) is 0 Å². The summed E-state index contributed by atoms with van der Waals surface area (Å²) in [7, 11) is 0. The van der Waals surface area contributed by atoms with Gasteiger partial charge in [-0.25, -0.2) is 4.79 Å². The van der Waals surface area contributed by atoms with Gasteiger partial charge in [0.2, 0.25) is 0 Å². The molecule has 5 nitrogen and oxygen atoms in total. The maximum atomic E-state index is 12.4. The Morgan fingerprint density at radius 1 is 1.17 bits per heavy atom. The summed E-state index contributed by atoms with van der Waals surface area (Å²) in [5.41, 5.74) is -1.03. The van der Waals surface area contributed by atoms with Crippen LogP contribution in [0, 0.1) is 11.8 Å². The minimum Gasteiger partial charge on any atom is -0.460 e. The summed E-state index contributed by atoms with van der Waals surface area (Å²) >= 11 is 0. The van der Waals surface area contributed by atoms with Crippen molar-refractivity contribution in [1.29, 1.82) is 0 Å². The monoisotopic (exact) mass is 325 g/mol. The number of carbonyl (C=O) groups excluding carboxylic acids is 2. The molecule has 132 valence electrons. The van der Waals surface area contributed by atoms with E-state index in [9.17, 15) is 9.59 Å². The lowest BCUT2D eigenvalue weighted by molar-refractivity contribution is -0.161. The highest BCUT2D eigenvalue weighted by molar-refractivity contribution is 5.74. The molecule has 0 spiro atoms. The van der Waals surface area contributed by atoms with Crippen LogP contribution in [0.5, 0.6) is 0 Å². The van der Waals surface area contributed by atoms with Gasteiger partial charge in [-0.2, -0.15) is 0 Å². The molecule has 0 unspecified atom stereocenters. The van der Waals surface area contributed by atoms with Gasteiger partial charge in [0.25, 0.3) is 0 Å². The van der Waals surface area contributed by atoms with E-state index >= 15 is 0 Å². The van der Waals surface area contributed by atoms with Gasteiger partial charge in [0.1, 0.15) is 11.2 Å². The summed E-state index contributed by atoms with van der Waals surface area (Å²) in [6.07, 6.45) is 2.75. The number of hydrogen-bond donors (Lipinski definition) is 0. The van der Waals surface area contributed by atoms with Crippen molar-refractivity contribution in [2.24, 2.45) is 11.8 Å². The van der Waals surface area contributed by atoms with Crippen LogP contribution in [0.15, 0.2) is 12.7 Å². The highest BCUT2D eigenvalue weighted by atomic mass is 16.6. The molecule has 0 aromatic rings. The van der Waals surface area contributed by atoms with E-state index in [0.717, 1.165) is 6.42 Å². The molecule has 1 fully saturated rings. The first-order valence-electron chi connectivity index (χ1n) is 8.24. The summed E-state index contributed by atoms with van der Waals surface area (Å²) in [4.78, 5) is 26.3. The average Bonchev–Trinajstić information content (AvgIpc) is 2.80. The quantitative estimate of drug-likeness (QED) is 0.583. The molecule has 2 atom stereocenters. The van der Waals surface area contributed by atoms with Crippen molar-refractivity contribution in [1.82, 2.24) is 4.90 Å². The fourth-order valence-corrected chi connectivity index (χ4v) is 2.65. The second kappa shape index (κ2) is 7.37. The lowest BCUT2D eigenvalue weighted by atomic mass is 9.88. The summed E-state index contributed by atoms with van der Waals surface area (Å²) in [6.45, 7) is 16.0. The first kappa shape index (κ1) is 19.5. The standard InChI is InChI=1S/C18H31NO4/c1-8-9-14(15(20)22-17(2,3)4)13-10-11-19(12-13)16(21)23-18(5,6)7/h8,13-14H,1,9-12H2,2-7H3/t13-,14-/m0/s1. The Morgan fingerprint density at radius 2 is 1.74 bits per heavy atom. The molecular formula is C18H31NO4. The second-order valence-corrected chi connectivity index (χ2v) is 8.14. The van der Waals surface area contributed by atoms with Crippen molar-refractivity contribution >= 4 is 12.1 Å². The first-order valence-corrected chi connectivity index (χ1v) is 8.24. The minimum atomic E-state index is -0.514. The fraction of sp³-hybridized carbons (Fsp3) is 0.778. The van der Waals surface area contributed by atoms with Crippen LogP contribution in [0.1, 0.15) is 54.4 Å². The molecule has 1 rings (SSSR count). The Morgan fingerprint density at radius 3 is 2.22 bits per heavy atom. The summed E-state index contributed by atoms with van der Waals surface area (Å²) < 4.78 is 10.9. The van der Waals surface area contributed by atoms with Crippen molar-refractivity contribution in [3.63, 3.8) is 0 Å². The van der Waals surface area contributed by atoms with Gasteiger partial charge in [0.05, 0.1) is 5.92 Å². The maximum absolute atomic E-state index is 12.4. The van der Waals surface area contributed by atoms with E-state index in [-0.39, 0.29) is 23.9 Å². The van der Waals surface area contributed by atoms with Crippen LogP contribution in [0.2, 0.25) is 0 Å². The van der Waals surface area contributed by atoms with Crippen LogP contribution in [0.3, 0.4) is 0 Å². The predicted octanol–water partition coefficient (Wildman–Crippen LogP) is 3.78. The highest BCUT2D eigenvalue weighted by Gasteiger charge is 2.38. The zero-order valence-corrected chi connectivity index (χ0v) is 15.3. The fourth-order valence-electron chi connectivity index (χ4n) is 2.65. The Balaban J connectivity index is 2.71. The number of ether oxygens (including phenoxy) is 2. The molecule has 0 radical (unpaired) electrons. The van der Waals surface area contributed by atoms with Crippen molar-refractivity contribution in [3.8, 4) is 0 Å². The van der Waals surface area contributed by atoms with Crippen molar-refractivity contribution in [2.75, 3.05) is 13.1 Å². The summed E-state index contributed by atoms with van der Waals surface area (Å²) in [5.74, 6) is -0.400. The average molecular weight is 325 g/mol. The van der Waals surface area contributed by atoms with E-state index < -0.39 is 11.2 Å². The number of rotatable bonds is 4. The Hall–Kier alpha value is -1.52. The molecule has 5 heteroatoms. The van der Waals surface area contributed by atoms with Gasteiger partial charge in [0.15, 0.2) is 0 Å². The Bertz CT molecular complexity index is 445. The number of amides is 1. The molecule has 1 heterocycles. The van der Waals surface area contributed by atoms with Gasteiger partial charge in [-0.05, 0) is 60.3 Å². The third kappa shape index (κ3) is 6.63. The number of esters is 1. The van der Waals surface area contributed by atoms with Crippen LogP contribution >= 0.6 is 0 Å². The van der Waals surface area contributed by atoms with Gasteiger partial charge in [0, 0.05) is 13.1 Å². The lowest BCUT2D eigenvalue weighted by Crippen LogP contribution is -2.37. The molecule has 0 aliphatic carbocycles. The van der Waals surface area contributed by atoms with E-state index in [2.05, 4.69) is 6.58 Å². The van der Waals surface area contributed by atoms with Gasteiger partial charge < -0.3 is 14.4 Å². The first-order chi connectivity index (χ1) is 10.4. The van der Waals surface area contributed by atoms with Crippen LogP contribution in [-0.4, -0.2) is 41.3 Å². The lowest BCUT2D eigenvalue weighted by Gasteiger charge is -2.27. The number of likely N-dealkylation sites (tertiary alicyclic amines) is 1. The zero-order valence-electron chi connectivity index (χ0n) is 15.3. The van der Waals surface area contributed by atoms with Gasteiger partial charge in [-0.1, -0.05) is 6.08 Å². The van der Waals surface area contributed by atoms with Crippen LogP contribution in [0.25, 0.3) is 0 Å². The SMILES string of the molecule is C=CC[C@H](C(=O)OC(C)(C)C)[C@H]1CCN(C(=O)OC(C)(C)C)C1. The Kier molecular flexibility index (Phi) is 6.25. The molecule has 0 N–H and O–H groups in total. The van der Waals surface area contributed by atoms with Gasteiger partial charge in [-0.3, -0.25) is 4.79 Å². The number of carbonyl (C=O) groups is 2. The molecule has 0 bridgehead atoms. The number of nitrogens with zero attached hydrogens (tertiary/aromatic N) is 1. The third-order valence-corrected chi connectivity index (χ3v) is 3.58. The predicted molar refractivity (Wildman–Crippen MR) is 90.1 cm³/mol. The summed E-state index contributed by atoms with van der Waals surface area (Å²) in [5, 5.41) is 0. The third-order valence-electron chi connectivity index (χ3n) is 3.58. The van der Waals surface area contributed by atoms with E-state index in [1.807, 2.05) is 41.5 Å². The van der Waals surface area contributed by atoms with E-state index in [4.69, 9.17) is 9.47 Å². The van der Waals surface area contributed by atoms with Crippen molar-refractivity contribution in [2.45, 2.75) is 65.6 Å². The molecule has 23 heavy (non-hydrogen) atoms. The molecule has 0 saturated carbocycles. The maximum Gasteiger partial charge on any atom is 0.410 e. The molecule has 0 aromatic carbocycles. The van der Waals surface area contributed by atoms with E-state index in [0.29, 0.717) is 19.5 Å². The molecule has 1 aliphatic rings. The van der Waals surface area contributed by atoms with E-state index in [1.54, 1.807) is 11.0 Å². The molecular weight excluding hydrogens is 294 g/mol. The van der Waals surface area contributed by atoms with Crippen LogP contribution in [0.4, 0.5) is 4.79 Å². The van der Waals surface area contributed by atoms with Crippen LogP contribution in [-0.2, 0) is 14.3 Å². The number of allylic oxidation sites excluding steroid dienone is 1. The van der Waals surface area contributed by atoms with Gasteiger partial charge in [-0.15, -0.1) is 6.58 Å². The normalized spacial score (nSPS) is 20.1.